The fraction of sp³-hybridized carbons (Fsp3) is 0.533. The fourth-order valence-corrected chi connectivity index (χ4v) is 3.99. The minimum atomic E-state index is 0.0435. The highest BCUT2D eigenvalue weighted by atomic mass is 32.1. The Morgan fingerprint density at radius 1 is 1.50 bits per heavy atom. The van der Waals surface area contributed by atoms with E-state index >= 15 is 0 Å². The van der Waals surface area contributed by atoms with Crippen LogP contribution in [0.5, 0.6) is 0 Å². The van der Waals surface area contributed by atoms with E-state index < -0.39 is 0 Å². The Labute approximate surface area is 138 Å². The molecule has 0 spiro atoms. The Morgan fingerprint density at radius 2 is 2.41 bits per heavy atom. The number of hydrogen-bond acceptors (Lipinski definition) is 6. The van der Waals surface area contributed by atoms with Crippen LogP contribution in [0.4, 0.5) is 5.13 Å². The summed E-state index contributed by atoms with van der Waals surface area (Å²) >= 11 is 3.18. The summed E-state index contributed by atoms with van der Waals surface area (Å²) in [5.41, 5.74) is 1.13. The Kier molecular flexibility index (Phi) is 5.17. The number of rotatable bonds is 5. The molecule has 3 rings (SSSR count). The van der Waals surface area contributed by atoms with Crippen molar-refractivity contribution >= 4 is 33.7 Å². The van der Waals surface area contributed by atoms with Gasteiger partial charge in [-0.1, -0.05) is 6.92 Å². The molecule has 1 saturated heterocycles. The first-order valence-electron chi connectivity index (χ1n) is 7.60. The molecule has 1 aliphatic heterocycles. The molecule has 2 aromatic heterocycles. The maximum absolute atomic E-state index is 12.3. The maximum atomic E-state index is 12.3. The normalized spacial score (nSPS) is 19.2. The van der Waals surface area contributed by atoms with Crippen molar-refractivity contribution < 1.29 is 4.79 Å². The van der Waals surface area contributed by atoms with E-state index in [0.29, 0.717) is 5.13 Å². The molecule has 118 valence electrons. The van der Waals surface area contributed by atoms with E-state index in [0.717, 1.165) is 44.6 Å². The molecular formula is C15H20N4OS2. The van der Waals surface area contributed by atoms with Crippen LogP contribution in [0.25, 0.3) is 0 Å². The van der Waals surface area contributed by atoms with Gasteiger partial charge in [-0.3, -0.25) is 9.69 Å². The topological polar surface area (TPSA) is 58.1 Å². The van der Waals surface area contributed by atoms with Crippen molar-refractivity contribution in [2.24, 2.45) is 5.92 Å². The molecule has 0 radical (unpaired) electrons. The van der Waals surface area contributed by atoms with E-state index in [9.17, 15) is 4.79 Å². The molecule has 5 nitrogen and oxygen atoms in total. The molecule has 22 heavy (non-hydrogen) atoms. The zero-order valence-electron chi connectivity index (χ0n) is 12.6. The van der Waals surface area contributed by atoms with Crippen molar-refractivity contribution in [2.45, 2.75) is 32.7 Å². The van der Waals surface area contributed by atoms with Crippen LogP contribution in [0.3, 0.4) is 0 Å². The average molecular weight is 336 g/mol. The van der Waals surface area contributed by atoms with Crippen LogP contribution in [-0.2, 0) is 17.8 Å². The number of likely N-dealkylation sites (tertiary alicyclic amines) is 1. The number of carbonyl (C=O) groups is 1. The average Bonchev–Trinajstić information content (AvgIpc) is 3.19. The molecule has 7 heteroatoms. The Bertz CT molecular complexity index is 611. The van der Waals surface area contributed by atoms with E-state index in [4.69, 9.17) is 0 Å². The number of aromatic nitrogens is 2. The summed E-state index contributed by atoms with van der Waals surface area (Å²) in [5.74, 6) is 0.133. The van der Waals surface area contributed by atoms with Gasteiger partial charge in [0.2, 0.25) is 5.91 Å². The zero-order chi connectivity index (χ0) is 15.4. The van der Waals surface area contributed by atoms with Crippen LogP contribution in [0.1, 0.15) is 30.5 Å². The van der Waals surface area contributed by atoms with Crippen LogP contribution in [0, 0.1) is 5.92 Å². The van der Waals surface area contributed by atoms with Crippen LogP contribution in [-0.4, -0.2) is 33.9 Å². The van der Waals surface area contributed by atoms with Crippen LogP contribution in [0.2, 0.25) is 0 Å². The lowest BCUT2D eigenvalue weighted by atomic mass is 9.97. The second-order valence-corrected chi connectivity index (χ2v) is 7.32. The highest BCUT2D eigenvalue weighted by molar-refractivity contribution is 7.13. The first-order valence-corrected chi connectivity index (χ1v) is 9.36. The van der Waals surface area contributed by atoms with Gasteiger partial charge >= 0.3 is 0 Å². The number of carbonyl (C=O) groups excluding carboxylic acids is 1. The third kappa shape index (κ3) is 3.91. The largest absolute Gasteiger partial charge is 0.302 e. The quantitative estimate of drug-likeness (QED) is 0.912. The fourth-order valence-electron chi connectivity index (χ4n) is 2.72. The molecule has 2 aromatic rings. The van der Waals surface area contributed by atoms with Gasteiger partial charge < -0.3 is 5.32 Å². The molecule has 1 amide bonds. The van der Waals surface area contributed by atoms with E-state index in [1.165, 1.54) is 16.3 Å². The van der Waals surface area contributed by atoms with Crippen LogP contribution < -0.4 is 5.32 Å². The van der Waals surface area contributed by atoms with E-state index in [1.807, 2.05) is 5.38 Å². The second-order valence-electron chi connectivity index (χ2n) is 5.49. The second kappa shape index (κ2) is 7.30. The zero-order valence-corrected chi connectivity index (χ0v) is 14.3. The van der Waals surface area contributed by atoms with Crippen molar-refractivity contribution in [3.05, 3.63) is 27.7 Å². The molecule has 0 unspecified atom stereocenters. The van der Waals surface area contributed by atoms with Gasteiger partial charge in [0.25, 0.3) is 0 Å². The molecule has 1 aliphatic rings. The number of hydrogen-bond donors (Lipinski definition) is 1. The predicted molar refractivity (Wildman–Crippen MR) is 90.2 cm³/mol. The minimum absolute atomic E-state index is 0.0435. The molecular weight excluding hydrogens is 316 g/mol. The number of piperidine rings is 1. The first kappa shape index (κ1) is 15.6. The number of nitrogens with one attached hydrogen (secondary N) is 1. The monoisotopic (exact) mass is 336 g/mol. The van der Waals surface area contributed by atoms with Crippen molar-refractivity contribution in [2.75, 3.05) is 18.4 Å². The summed E-state index contributed by atoms with van der Waals surface area (Å²) in [6.07, 6.45) is 4.70. The number of anilines is 1. The van der Waals surface area contributed by atoms with Gasteiger partial charge in [-0.25, -0.2) is 9.97 Å². The van der Waals surface area contributed by atoms with E-state index in [1.54, 1.807) is 17.5 Å². The highest BCUT2D eigenvalue weighted by Gasteiger charge is 2.26. The maximum Gasteiger partial charge on any atom is 0.230 e. The Morgan fingerprint density at radius 3 is 3.14 bits per heavy atom. The van der Waals surface area contributed by atoms with Crippen LogP contribution in [0.15, 0.2) is 17.0 Å². The summed E-state index contributed by atoms with van der Waals surface area (Å²) in [7, 11) is 0. The SMILES string of the molecule is CCc1nc(CN2CCC[C@H](C(=O)Nc3nccs3)C2)cs1. The smallest absolute Gasteiger partial charge is 0.230 e. The minimum Gasteiger partial charge on any atom is -0.302 e. The Balaban J connectivity index is 1.55. The summed E-state index contributed by atoms with van der Waals surface area (Å²) in [6.45, 7) is 4.82. The van der Waals surface area contributed by atoms with Gasteiger partial charge in [-0.2, -0.15) is 0 Å². The number of nitrogens with zero attached hydrogens (tertiary/aromatic N) is 3. The van der Waals surface area contributed by atoms with E-state index in [2.05, 4.69) is 32.5 Å². The molecule has 1 atom stereocenters. The molecule has 0 bridgehead atoms. The van der Waals surface area contributed by atoms with Gasteiger partial charge in [0, 0.05) is 30.0 Å². The van der Waals surface area contributed by atoms with Gasteiger partial charge in [-0.05, 0) is 25.8 Å². The molecule has 0 aromatic carbocycles. The van der Waals surface area contributed by atoms with Crippen molar-refractivity contribution in [1.29, 1.82) is 0 Å². The summed E-state index contributed by atoms with van der Waals surface area (Å²) in [4.78, 5) is 23.4. The lowest BCUT2D eigenvalue weighted by molar-refractivity contribution is -0.121. The molecule has 3 heterocycles. The lowest BCUT2D eigenvalue weighted by Gasteiger charge is -2.31. The molecule has 0 aliphatic carbocycles. The number of thiazole rings is 2. The molecule has 1 N–H and O–H groups in total. The lowest BCUT2D eigenvalue weighted by Crippen LogP contribution is -2.40. The first-order chi connectivity index (χ1) is 10.7. The van der Waals surface area contributed by atoms with Crippen LogP contribution >= 0.6 is 22.7 Å². The van der Waals surface area contributed by atoms with Crippen molar-refractivity contribution in [3.8, 4) is 0 Å². The summed E-state index contributed by atoms with van der Waals surface area (Å²) < 4.78 is 0. The summed E-state index contributed by atoms with van der Waals surface area (Å²) in [6, 6.07) is 0. The highest BCUT2D eigenvalue weighted by Crippen LogP contribution is 2.21. The predicted octanol–water partition coefficient (Wildman–Crippen LogP) is 3.01. The molecule has 1 fully saturated rings. The van der Waals surface area contributed by atoms with E-state index in [-0.39, 0.29) is 11.8 Å². The number of aryl methyl sites for hydroxylation is 1. The van der Waals surface area contributed by atoms with Gasteiger partial charge in [0.1, 0.15) is 0 Å². The van der Waals surface area contributed by atoms with Gasteiger partial charge in [0.05, 0.1) is 16.6 Å². The standard InChI is InChI=1S/C15H20N4OS2/c1-2-13-17-12(10-22-13)9-19-6-3-4-11(8-19)14(20)18-15-16-5-7-21-15/h5,7,10-11H,2-4,6,8-9H2,1H3,(H,16,18,20)/t11-/m0/s1. The Hall–Kier alpha value is -1.31. The summed E-state index contributed by atoms with van der Waals surface area (Å²) in [5, 5.41) is 8.80. The third-order valence-electron chi connectivity index (χ3n) is 3.83. The van der Waals surface area contributed by atoms with Crippen molar-refractivity contribution in [3.63, 3.8) is 0 Å². The van der Waals surface area contributed by atoms with Gasteiger partial charge in [0.15, 0.2) is 5.13 Å². The van der Waals surface area contributed by atoms with Crippen molar-refractivity contribution in [1.82, 2.24) is 14.9 Å². The number of amides is 1. The van der Waals surface area contributed by atoms with Gasteiger partial charge in [-0.15, -0.1) is 22.7 Å². The third-order valence-corrected chi connectivity index (χ3v) is 5.56. The molecule has 0 saturated carbocycles.